The molecule has 0 spiro atoms. The van der Waals surface area contributed by atoms with Crippen molar-refractivity contribution in [2.24, 2.45) is 5.92 Å². The molecule has 2 unspecified atom stereocenters. The Labute approximate surface area is 163 Å². The molecule has 2 atom stereocenters. The summed E-state index contributed by atoms with van der Waals surface area (Å²) in [5.41, 5.74) is 0.840. The minimum absolute atomic E-state index is 0.213. The summed E-state index contributed by atoms with van der Waals surface area (Å²) < 4.78 is 0. The second-order valence-electron chi connectivity index (χ2n) is 7.06. The van der Waals surface area contributed by atoms with Gasteiger partial charge >= 0.3 is 12.0 Å². The molecular weight excluding hydrogens is 370 g/mol. The molecular formula is C19H24ClN3O4. The average Bonchev–Trinajstić information content (AvgIpc) is 3.03. The molecule has 3 amide bonds. The van der Waals surface area contributed by atoms with Crippen molar-refractivity contribution in [3.05, 3.63) is 28.8 Å². The summed E-state index contributed by atoms with van der Waals surface area (Å²) in [7, 11) is 0. The van der Waals surface area contributed by atoms with Gasteiger partial charge in [-0.2, -0.15) is 0 Å². The Balaban J connectivity index is 1.79. The lowest BCUT2D eigenvalue weighted by atomic mass is 9.86. The van der Waals surface area contributed by atoms with Crippen LogP contribution >= 0.6 is 11.6 Å². The highest BCUT2D eigenvalue weighted by molar-refractivity contribution is 6.34. The average molecular weight is 394 g/mol. The smallest absolute Gasteiger partial charge is 0.321 e. The summed E-state index contributed by atoms with van der Waals surface area (Å²) in [6.07, 6.45) is 4.99. The van der Waals surface area contributed by atoms with Crippen LogP contribution in [0.2, 0.25) is 5.02 Å². The number of carboxylic acid groups (broad SMARTS) is 1. The van der Waals surface area contributed by atoms with Crippen LogP contribution in [-0.4, -0.2) is 42.1 Å². The number of rotatable bonds is 4. The summed E-state index contributed by atoms with van der Waals surface area (Å²) in [4.78, 5) is 37.9. The van der Waals surface area contributed by atoms with Gasteiger partial charge < -0.3 is 15.7 Å². The number of amides is 3. The molecule has 1 aliphatic carbocycles. The predicted octanol–water partition coefficient (Wildman–Crippen LogP) is 3.02. The molecule has 1 aliphatic heterocycles. The third kappa shape index (κ3) is 4.53. The lowest BCUT2D eigenvalue weighted by molar-refractivity contribution is -0.143. The van der Waals surface area contributed by atoms with Crippen molar-refractivity contribution in [1.29, 1.82) is 0 Å². The maximum Gasteiger partial charge on any atom is 0.321 e. The summed E-state index contributed by atoms with van der Waals surface area (Å²) in [5, 5.41) is 15.4. The minimum atomic E-state index is -0.879. The van der Waals surface area contributed by atoms with Gasteiger partial charge in [0.15, 0.2) is 0 Å². The first-order valence-electron chi connectivity index (χ1n) is 9.36. The molecule has 1 aromatic rings. The van der Waals surface area contributed by atoms with Crippen molar-refractivity contribution in [1.82, 2.24) is 10.6 Å². The molecule has 7 nitrogen and oxygen atoms in total. The Hall–Kier alpha value is -2.28. The van der Waals surface area contributed by atoms with Gasteiger partial charge in [0.1, 0.15) is 0 Å². The monoisotopic (exact) mass is 393 g/mol. The van der Waals surface area contributed by atoms with Crippen LogP contribution in [-0.2, 0) is 4.79 Å². The molecule has 1 saturated heterocycles. The van der Waals surface area contributed by atoms with E-state index in [-0.39, 0.29) is 16.6 Å². The van der Waals surface area contributed by atoms with Gasteiger partial charge in [-0.05, 0) is 31.0 Å². The van der Waals surface area contributed by atoms with E-state index in [0.29, 0.717) is 31.6 Å². The fourth-order valence-corrected chi connectivity index (χ4v) is 3.98. The Morgan fingerprint density at radius 3 is 2.59 bits per heavy atom. The normalized spacial score (nSPS) is 23.3. The first-order valence-corrected chi connectivity index (χ1v) is 9.74. The minimum Gasteiger partial charge on any atom is -0.481 e. The van der Waals surface area contributed by atoms with Gasteiger partial charge in [-0.1, -0.05) is 37.3 Å². The van der Waals surface area contributed by atoms with Crippen LogP contribution in [0.5, 0.6) is 0 Å². The van der Waals surface area contributed by atoms with Crippen LogP contribution in [0.15, 0.2) is 18.2 Å². The van der Waals surface area contributed by atoms with Gasteiger partial charge in [0, 0.05) is 24.8 Å². The number of carbonyl (C=O) groups excluding carboxylic acids is 2. The van der Waals surface area contributed by atoms with Crippen molar-refractivity contribution in [2.45, 2.75) is 44.6 Å². The molecule has 8 heteroatoms. The first kappa shape index (κ1) is 19.5. The van der Waals surface area contributed by atoms with E-state index < -0.39 is 23.8 Å². The molecule has 0 aromatic heterocycles. The highest BCUT2D eigenvalue weighted by Crippen LogP contribution is 2.27. The van der Waals surface area contributed by atoms with Crippen molar-refractivity contribution in [3.63, 3.8) is 0 Å². The van der Waals surface area contributed by atoms with Crippen LogP contribution in [0.4, 0.5) is 10.5 Å². The van der Waals surface area contributed by atoms with E-state index in [1.54, 1.807) is 23.1 Å². The lowest BCUT2D eigenvalue weighted by Gasteiger charge is -2.27. The molecule has 0 radical (unpaired) electrons. The van der Waals surface area contributed by atoms with Crippen molar-refractivity contribution in [2.75, 3.05) is 18.0 Å². The van der Waals surface area contributed by atoms with Crippen molar-refractivity contribution in [3.8, 4) is 0 Å². The topological polar surface area (TPSA) is 98.7 Å². The third-order valence-electron chi connectivity index (χ3n) is 5.26. The predicted molar refractivity (Wildman–Crippen MR) is 102 cm³/mol. The summed E-state index contributed by atoms with van der Waals surface area (Å²) in [5.74, 6) is -1.88. The number of hydrogen-bond donors (Lipinski definition) is 3. The summed E-state index contributed by atoms with van der Waals surface area (Å²) >= 11 is 6.21. The Morgan fingerprint density at radius 2 is 1.93 bits per heavy atom. The second kappa shape index (κ2) is 8.61. The van der Waals surface area contributed by atoms with Crippen LogP contribution in [0.1, 0.15) is 48.9 Å². The van der Waals surface area contributed by atoms with E-state index >= 15 is 0 Å². The molecule has 2 aliphatic rings. The Morgan fingerprint density at radius 1 is 1.19 bits per heavy atom. The molecule has 2 fully saturated rings. The number of aliphatic carboxylic acids is 1. The number of anilines is 1. The van der Waals surface area contributed by atoms with Gasteiger partial charge in [0.05, 0.1) is 16.5 Å². The number of benzene rings is 1. The molecule has 1 saturated carbocycles. The number of carboxylic acids is 1. The number of nitrogens with one attached hydrogen (secondary N) is 2. The van der Waals surface area contributed by atoms with E-state index in [2.05, 4.69) is 10.6 Å². The molecule has 27 heavy (non-hydrogen) atoms. The van der Waals surface area contributed by atoms with E-state index in [1.165, 1.54) is 0 Å². The van der Waals surface area contributed by atoms with Crippen molar-refractivity contribution >= 4 is 35.2 Å². The van der Waals surface area contributed by atoms with Crippen molar-refractivity contribution < 1.29 is 19.5 Å². The second-order valence-corrected chi connectivity index (χ2v) is 7.47. The Bertz CT molecular complexity index is 740. The highest BCUT2D eigenvalue weighted by atomic mass is 35.5. The zero-order valence-electron chi connectivity index (χ0n) is 15.0. The van der Waals surface area contributed by atoms with Gasteiger partial charge in [0.25, 0.3) is 5.91 Å². The van der Waals surface area contributed by atoms with Gasteiger partial charge in [-0.3, -0.25) is 14.5 Å². The molecule has 146 valence electrons. The SMILES string of the molecule is O=C(NC1CCCCCCC1C(=O)O)c1cc(N2CCNC2=O)ccc1Cl. The molecule has 3 N–H and O–H groups in total. The van der Waals surface area contributed by atoms with Crippen LogP contribution in [0, 0.1) is 5.92 Å². The molecule has 0 bridgehead atoms. The van der Waals surface area contributed by atoms with E-state index in [0.717, 1.165) is 25.7 Å². The number of carbonyl (C=O) groups is 3. The highest BCUT2D eigenvalue weighted by Gasteiger charge is 2.31. The number of urea groups is 1. The largest absolute Gasteiger partial charge is 0.481 e. The first-order chi connectivity index (χ1) is 13.0. The maximum atomic E-state index is 12.8. The van der Waals surface area contributed by atoms with Gasteiger partial charge in [-0.25, -0.2) is 4.79 Å². The molecule has 1 heterocycles. The third-order valence-corrected chi connectivity index (χ3v) is 5.59. The fourth-order valence-electron chi connectivity index (χ4n) is 3.77. The number of halogens is 1. The number of nitrogens with zero attached hydrogens (tertiary/aromatic N) is 1. The van der Waals surface area contributed by atoms with E-state index in [1.807, 2.05) is 0 Å². The van der Waals surface area contributed by atoms with Gasteiger partial charge in [0.2, 0.25) is 0 Å². The Kier molecular flexibility index (Phi) is 6.21. The standard InChI is InChI=1S/C19H24ClN3O4/c20-15-8-7-12(23-10-9-21-19(23)27)11-14(15)17(24)22-16-6-4-2-1-3-5-13(16)18(25)26/h7-8,11,13,16H,1-6,9-10H2,(H,21,27)(H,22,24)(H,25,26). The molecule has 3 rings (SSSR count). The zero-order valence-corrected chi connectivity index (χ0v) is 15.8. The van der Waals surface area contributed by atoms with E-state index in [9.17, 15) is 19.5 Å². The quantitative estimate of drug-likeness (QED) is 0.732. The fraction of sp³-hybridized carbons (Fsp3) is 0.526. The maximum absolute atomic E-state index is 12.8. The van der Waals surface area contributed by atoms with Gasteiger partial charge in [-0.15, -0.1) is 0 Å². The number of hydrogen-bond acceptors (Lipinski definition) is 3. The van der Waals surface area contributed by atoms with Crippen LogP contribution in [0.25, 0.3) is 0 Å². The summed E-state index contributed by atoms with van der Waals surface area (Å²) in [6, 6.07) is 4.23. The van der Waals surface area contributed by atoms with Crippen LogP contribution in [0.3, 0.4) is 0 Å². The summed E-state index contributed by atoms with van der Waals surface area (Å²) in [6.45, 7) is 1.07. The lowest BCUT2D eigenvalue weighted by Crippen LogP contribution is -2.44. The van der Waals surface area contributed by atoms with Crippen LogP contribution < -0.4 is 15.5 Å². The van der Waals surface area contributed by atoms with E-state index in [4.69, 9.17) is 11.6 Å². The zero-order chi connectivity index (χ0) is 19.4. The molecule has 1 aromatic carbocycles.